The maximum atomic E-state index is 6.11. The van der Waals surface area contributed by atoms with Crippen LogP contribution in [0.5, 0.6) is 0 Å². The molecule has 4 heteroatoms. The van der Waals surface area contributed by atoms with Gasteiger partial charge in [-0.2, -0.15) is 0 Å². The Morgan fingerprint density at radius 1 is 1.24 bits per heavy atom. The number of H-pyrrole nitrogens is 1. The van der Waals surface area contributed by atoms with E-state index in [4.69, 9.17) is 11.6 Å². The van der Waals surface area contributed by atoms with E-state index in [1.54, 1.807) is 0 Å². The summed E-state index contributed by atoms with van der Waals surface area (Å²) in [4.78, 5) is 11.4. The number of aromatic nitrogens is 3. The monoisotopic (exact) mass is 251 g/mol. The molecule has 1 aliphatic carbocycles. The molecule has 0 aromatic carbocycles. The quantitative estimate of drug-likeness (QED) is 0.768. The second-order valence-electron chi connectivity index (χ2n) is 4.11. The van der Waals surface area contributed by atoms with Crippen molar-refractivity contribution in [3.8, 4) is 0 Å². The molecule has 0 bridgehead atoms. The van der Waals surface area contributed by atoms with Crippen molar-refractivity contribution in [2.75, 3.05) is 0 Å². The van der Waals surface area contributed by atoms with Crippen LogP contribution in [0.4, 0.5) is 0 Å². The molecule has 17 heavy (non-hydrogen) atoms. The number of hydrogen-bond acceptors (Lipinski definition) is 2. The summed E-state index contributed by atoms with van der Waals surface area (Å²) in [6, 6.07) is 0. The van der Waals surface area contributed by atoms with Gasteiger partial charge in [0.15, 0.2) is 0 Å². The summed E-state index contributed by atoms with van der Waals surface area (Å²) in [5, 5.41) is 1.59. The van der Waals surface area contributed by atoms with Crippen LogP contribution in [0.1, 0.15) is 51.0 Å². The number of nitrogens with one attached hydrogen (secondary N) is 1. The minimum absolute atomic E-state index is 0.572. The lowest BCUT2D eigenvalue weighted by Crippen LogP contribution is -1.91. The van der Waals surface area contributed by atoms with Gasteiger partial charge in [0.05, 0.1) is 5.39 Å². The molecule has 0 radical (unpaired) electrons. The van der Waals surface area contributed by atoms with Crippen LogP contribution >= 0.6 is 11.6 Å². The first-order valence-corrected chi connectivity index (χ1v) is 6.71. The van der Waals surface area contributed by atoms with Crippen LogP contribution in [0.25, 0.3) is 11.0 Å². The molecule has 92 valence electrons. The Bertz CT molecular complexity index is 486. The Hall–Kier alpha value is -1.09. The molecule has 2 aromatic rings. The van der Waals surface area contributed by atoms with Gasteiger partial charge in [-0.3, -0.25) is 0 Å². The van der Waals surface area contributed by atoms with Crippen LogP contribution in [0.3, 0.4) is 0 Å². The second-order valence-corrected chi connectivity index (χ2v) is 4.47. The SMILES string of the molecule is CC.Clc1ncnc2[nH]cc(C3CCCC3)c12. The first-order valence-electron chi connectivity index (χ1n) is 6.34. The molecule has 1 N–H and O–H groups in total. The van der Waals surface area contributed by atoms with E-state index in [1.165, 1.54) is 37.6 Å². The largest absolute Gasteiger partial charge is 0.346 e. The Morgan fingerprint density at radius 2 is 1.94 bits per heavy atom. The lowest BCUT2D eigenvalue weighted by Gasteiger charge is -2.06. The van der Waals surface area contributed by atoms with Crippen LogP contribution in [-0.4, -0.2) is 15.0 Å². The van der Waals surface area contributed by atoms with Gasteiger partial charge in [0, 0.05) is 6.20 Å². The minimum atomic E-state index is 0.572. The summed E-state index contributed by atoms with van der Waals surface area (Å²) in [5.74, 6) is 0.641. The van der Waals surface area contributed by atoms with Crippen molar-refractivity contribution >= 4 is 22.6 Å². The molecule has 1 fully saturated rings. The van der Waals surface area contributed by atoms with Gasteiger partial charge >= 0.3 is 0 Å². The van der Waals surface area contributed by atoms with Crippen LogP contribution in [-0.2, 0) is 0 Å². The average molecular weight is 252 g/mol. The molecule has 0 atom stereocenters. The van der Waals surface area contributed by atoms with Crippen LogP contribution in [0, 0.1) is 0 Å². The lowest BCUT2D eigenvalue weighted by molar-refractivity contribution is 0.729. The van der Waals surface area contributed by atoms with Gasteiger partial charge in [-0.05, 0) is 24.3 Å². The van der Waals surface area contributed by atoms with E-state index in [2.05, 4.69) is 15.0 Å². The van der Waals surface area contributed by atoms with Crippen molar-refractivity contribution in [3.63, 3.8) is 0 Å². The van der Waals surface area contributed by atoms with E-state index in [-0.39, 0.29) is 0 Å². The fourth-order valence-corrected chi connectivity index (χ4v) is 2.75. The minimum Gasteiger partial charge on any atom is -0.346 e. The summed E-state index contributed by atoms with van der Waals surface area (Å²) < 4.78 is 0. The third-order valence-corrected chi connectivity index (χ3v) is 3.54. The van der Waals surface area contributed by atoms with Crippen molar-refractivity contribution in [1.29, 1.82) is 0 Å². The number of rotatable bonds is 1. The normalized spacial score (nSPS) is 15.9. The van der Waals surface area contributed by atoms with Crippen molar-refractivity contribution < 1.29 is 0 Å². The number of nitrogens with zero attached hydrogens (tertiary/aromatic N) is 2. The Kier molecular flexibility index (Phi) is 4.00. The predicted octanol–water partition coefficient (Wildman–Crippen LogP) is 4.30. The molecule has 0 spiro atoms. The fraction of sp³-hybridized carbons (Fsp3) is 0.538. The molecule has 1 saturated carbocycles. The van der Waals surface area contributed by atoms with E-state index in [0.29, 0.717) is 11.1 Å². The molecule has 2 aromatic heterocycles. The highest BCUT2D eigenvalue weighted by Gasteiger charge is 2.21. The zero-order chi connectivity index (χ0) is 12.3. The van der Waals surface area contributed by atoms with Gasteiger partial charge in [0.25, 0.3) is 0 Å². The highest BCUT2D eigenvalue weighted by atomic mass is 35.5. The van der Waals surface area contributed by atoms with Gasteiger partial charge in [-0.15, -0.1) is 0 Å². The second kappa shape index (κ2) is 5.50. The molecular weight excluding hydrogens is 234 g/mol. The maximum absolute atomic E-state index is 6.11. The van der Waals surface area contributed by atoms with E-state index >= 15 is 0 Å². The number of halogens is 1. The molecule has 2 heterocycles. The molecule has 3 nitrogen and oxygen atoms in total. The Morgan fingerprint density at radius 3 is 2.65 bits per heavy atom. The highest BCUT2D eigenvalue weighted by Crippen LogP contribution is 2.38. The maximum Gasteiger partial charge on any atom is 0.142 e. The van der Waals surface area contributed by atoms with Crippen LogP contribution in [0.2, 0.25) is 5.15 Å². The van der Waals surface area contributed by atoms with Crippen molar-refractivity contribution in [2.24, 2.45) is 0 Å². The van der Waals surface area contributed by atoms with E-state index in [1.807, 2.05) is 20.0 Å². The Balaban J connectivity index is 0.000000514. The van der Waals surface area contributed by atoms with E-state index < -0.39 is 0 Å². The molecular formula is C13H18ClN3. The standard InChI is InChI=1S/C11H12ClN3.C2H6/c12-10-9-8(7-3-1-2-4-7)5-13-11(9)15-6-14-10;1-2/h5-7H,1-4H2,(H,13,14,15);1-2H3. The van der Waals surface area contributed by atoms with Gasteiger partial charge in [0.1, 0.15) is 17.1 Å². The smallest absolute Gasteiger partial charge is 0.142 e. The summed E-state index contributed by atoms with van der Waals surface area (Å²) in [6.45, 7) is 4.00. The van der Waals surface area contributed by atoms with Gasteiger partial charge in [-0.1, -0.05) is 38.3 Å². The lowest BCUT2D eigenvalue weighted by atomic mass is 9.99. The van der Waals surface area contributed by atoms with Gasteiger partial charge in [-0.25, -0.2) is 9.97 Å². The van der Waals surface area contributed by atoms with Crippen molar-refractivity contribution in [3.05, 3.63) is 23.2 Å². The molecule has 0 saturated heterocycles. The van der Waals surface area contributed by atoms with Crippen LogP contribution < -0.4 is 0 Å². The first-order chi connectivity index (χ1) is 8.36. The third kappa shape index (κ3) is 2.29. The molecule has 0 aliphatic heterocycles. The fourth-order valence-electron chi connectivity index (χ4n) is 2.51. The zero-order valence-electron chi connectivity index (χ0n) is 10.3. The van der Waals surface area contributed by atoms with Gasteiger partial charge in [0.2, 0.25) is 0 Å². The third-order valence-electron chi connectivity index (χ3n) is 3.25. The zero-order valence-corrected chi connectivity index (χ0v) is 11.1. The molecule has 0 unspecified atom stereocenters. The summed E-state index contributed by atoms with van der Waals surface area (Å²) in [7, 11) is 0. The Labute approximate surface area is 107 Å². The summed E-state index contributed by atoms with van der Waals surface area (Å²) in [6.07, 6.45) is 8.71. The summed E-state index contributed by atoms with van der Waals surface area (Å²) in [5.41, 5.74) is 2.16. The number of aromatic amines is 1. The average Bonchev–Trinajstić information content (AvgIpc) is 3.00. The first kappa shape index (κ1) is 12.4. The molecule has 1 aliphatic rings. The van der Waals surface area contributed by atoms with Crippen molar-refractivity contribution in [2.45, 2.75) is 45.4 Å². The van der Waals surface area contributed by atoms with Crippen LogP contribution in [0.15, 0.2) is 12.5 Å². The molecule has 3 rings (SSSR count). The highest BCUT2D eigenvalue weighted by molar-refractivity contribution is 6.34. The summed E-state index contributed by atoms with van der Waals surface area (Å²) >= 11 is 6.11. The molecule has 0 amide bonds. The predicted molar refractivity (Wildman–Crippen MR) is 71.5 cm³/mol. The van der Waals surface area contributed by atoms with Gasteiger partial charge < -0.3 is 4.98 Å². The topological polar surface area (TPSA) is 41.6 Å². The van der Waals surface area contributed by atoms with E-state index in [0.717, 1.165) is 11.0 Å². The van der Waals surface area contributed by atoms with Crippen molar-refractivity contribution in [1.82, 2.24) is 15.0 Å². The number of hydrogen-bond donors (Lipinski definition) is 1. The number of fused-ring (bicyclic) bond motifs is 1. The van der Waals surface area contributed by atoms with E-state index in [9.17, 15) is 0 Å².